The van der Waals surface area contributed by atoms with Crippen molar-refractivity contribution in [2.45, 2.75) is 64.8 Å². The molecule has 1 saturated heterocycles. The number of likely N-dealkylation sites (tertiary alicyclic amines) is 1. The van der Waals surface area contributed by atoms with Gasteiger partial charge in [0, 0.05) is 36.7 Å². The smallest absolute Gasteiger partial charge is 0.230 e. The summed E-state index contributed by atoms with van der Waals surface area (Å²) in [6, 6.07) is 8.52. The summed E-state index contributed by atoms with van der Waals surface area (Å²) in [7, 11) is 0. The maximum absolute atomic E-state index is 13.2. The van der Waals surface area contributed by atoms with Crippen molar-refractivity contribution in [3.8, 4) is 0 Å². The van der Waals surface area contributed by atoms with Crippen LogP contribution in [-0.2, 0) is 16.0 Å². The van der Waals surface area contributed by atoms with Crippen LogP contribution in [0.25, 0.3) is 0 Å². The van der Waals surface area contributed by atoms with Crippen LogP contribution in [0.2, 0.25) is 0 Å². The molecule has 3 aliphatic rings. The van der Waals surface area contributed by atoms with Crippen molar-refractivity contribution >= 4 is 17.5 Å². The standard InChI is InChI=1S/C23H32N2O2/c1-16-11-13-24(14-12-16)22(26)18-7-9-19(10-8-18)23(27)25-17(2)15-20-5-3-4-6-21(20)25/h3-6,16-19H,7-15H2,1-2H3. The lowest BCUT2D eigenvalue weighted by molar-refractivity contribution is -0.139. The molecule has 2 amide bonds. The average Bonchev–Trinajstić information content (AvgIpc) is 3.03. The van der Waals surface area contributed by atoms with Crippen LogP contribution in [-0.4, -0.2) is 35.8 Å². The molecule has 27 heavy (non-hydrogen) atoms. The fourth-order valence-electron chi connectivity index (χ4n) is 5.17. The van der Waals surface area contributed by atoms with E-state index in [2.05, 4.69) is 36.9 Å². The third-order valence-electron chi connectivity index (χ3n) is 6.97. The van der Waals surface area contributed by atoms with Crippen molar-refractivity contribution in [1.82, 2.24) is 4.90 Å². The number of carbonyl (C=O) groups is 2. The second-order valence-corrected chi connectivity index (χ2v) is 8.95. The second-order valence-electron chi connectivity index (χ2n) is 8.95. The van der Waals surface area contributed by atoms with Gasteiger partial charge in [-0.15, -0.1) is 0 Å². The van der Waals surface area contributed by atoms with E-state index in [1.165, 1.54) is 5.56 Å². The summed E-state index contributed by atoms with van der Waals surface area (Å²) >= 11 is 0. The van der Waals surface area contributed by atoms with Crippen LogP contribution in [0, 0.1) is 17.8 Å². The van der Waals surface area contributed by atoms with Crippen molar-refractivity contribution < 1.29 is 9.59 Å². The van der Waals surface area contributed by atoms with E-state index in [-0.39, 0.29) is 23.8 Å². The van der Waals surface area contributed by atoms with Crippen molar-refractivity contribution in [2.24, 2.45) is 17.8 Å². The van der Waals surface area contributed by atoms with E-state index in [0.717, 1.165) is 69.6 Å². The first-order valence-corrected chi connectivity index (χ1v) is 10.7. The van der Waals surface area contributed by atoms with Crippen LogP contribution in [0.3, 0.4) is 0 Å². The largest absolute Gasteiger partial charge is 0.342 e. The van der Waals surface area contributed by atoms with Gasteiger partial charge in [0.1, 0.15) is 0 Å². The lowest BCUT2D eigenvalue weighted by atomic mass is 9.80. The SMILES string of the molecule is CC1CCN(C(=O)C2CCC(C(=O)N3c4ccccc4CC3C)CC2)CC1. The lowest BCUT2D eigenvalue weighted by Gasteiger charge is -2.36. The van der Waals surface area contributed by atoms with Crippen LogP contribution < -0.4 is 4.90 Å². The molecule has 0 aromatic heterocycles. The number of hydrogen-bond acceptors (Lipinski definition) is 2. The van der Waals surface area contributed by atoms with E-state index in [4.69, 9.17) is 0 Å². The summed E-state index contributed by atoms with van der Waals surface area (Å²) in [5.41, 5.74) is 2.37. The summed E-state index contributed by atoms with van der Waals surface area (Å²) < 4.78 is 0. The molecule has 4 rings (SSSR count). The molecule has 2 heterocycles. The Kier molecular flexibility index (Phi) is 5.25. The number of carbonyl (C=O) groups excluding carboxylic acids is 2. The Morgan fingerprint density at radius 2 is 1.44 bits per heavy atom. The molecule has 0 spiro atoms. The molecule has 146 valence electrons. The van der Waals surface area contributed by atoms with E-state index >= 15 is 0 Å². The van der Waals surface area contributed by atoms with Crippen LogP contribution in [0.1, 0.15) is 57.9 Å². The van der Waals surface area contributed by atoms with Gasteiger partial charge in [-0.1, -0.05) is 25.1 Å². The van der Waals surface area contributed by atoms with Crippen LogP contribution in [0.4, 0.5) is 5.69 Å². The first-order valence-electron chi connectivity index (χ1n) is 10.7. The van der Waals surface area contributed by atoms with Crippen molar-refractivity contribution in [1.29, 1.82) is 0 Å². The maximum Gasteiger partial charge on any atom is 0.230 e. The number of para-hydroxylation sites is 1. The molecule has 1 aromatic carbocycles. The quantitative estimate of drug-likeness (QED) is 0.791. The number of nitrogens with zero attached hydrogens (tertiary/aromatic N) is 2. The molecule has 0 bridgehead atoms. The van der Waals surface area contributed by atoms with Crippen molar-refractivity contribution in [2.75, 3.05) is 18.0 Å². The predicted octanol–water partition coefficient (Wildman–Crippen LogP) is 4.03. The third kappa shape index (κ3) is 3.63. The van der Waals surface area contributed by atoms with E-state index in [9.17, 15) is 9.59 Å². The molecule has 1 atom stereocenters. The van der Waals surface area contributed by atoms with Crippen LogP contribution in [0.15, 0.2) is 24.3 Å². The molecule has 4 nitrogen and oxygen atoms in total. The highest BCUT2D eigenvalue weighted by molar-refractivity contribution is 5.97. The second kappa shape index (κ2) is 7.65. The van der Waals surface area contributed by atoms with Gasteiger partial charge in [0.25, 0.3) is 0 Å². The number of hydrogen-bond donors (Lipinski definition) is 0. The summed E-state index contributed by atoms with van der Waals surface area (Å²) in [6.45, 7) is 6.25. The van der Waals surface area contributed by atoms with Gasteiger partial charge < -0.3 is 9.80 Å². The predicted molar refractivity (Wildman–Crippen MR) is 108 cm³/mol. The molecule has 0 N–H and O–H groups in total. The number of anilines is 1. The molecule has 2 aliphatic heterocycles. The van der Waals surface area contributed by atoms with Gasteiger partial charge in [-0.05, 0) is 69.4 Å². The Bertz CT molecular complexity index is 700. The molecule has 0 radical (unpaired) electrons. The van der Waals surface area contributed by atoms with E-state index in [1.807, 2.05) is 11.0 Å². The first kappa shape index (κ1) is 18.5. The van der Waals surface area contributed by atoms with E-state index in [1.54, 1.807) is 0 Å². The zero-order valence-electron chi connectivity index (χ0n) is 16.7. The fraction of sp³-hybridized carbons (Fsp3) is 0.652. The van der Waals surface area contributed by atoms with Gasteiger partial charge in [0.05, 0.1) is 0 Å². The summed E-state index contributed by atoms with van der Waals surface area (Å²) in [4.78, 5) is 30.2. The highest BCUT2D eigenvalue weighted by Gasteiger charge is 2.38. The topological polar surface area (TPSA) is 40.6 Å². The monoisotopic (exact) mass is 368 g/mol. The Hall–Kier alpha value is -1.84. The van der Waals surface area contributed by atoms with Crippen molar-refractivity contribution in [3.63, 3.8) is 0 Å². The van der Waals surface area contributed by atoms with Gasteiger partial charge in [0.15, 0.2) is 0 Å². The highest BCUT2D eigenvalue weighted by Crippen LogP contribution is 2.37. The highest BCUT2D eigenvalue weighted by atomic mass is 16.2. The van der Waals surface area contributed by atoms with E-state index < -0.39 is 0 Å². The Morgan fingerprint density at radius 1 is 0.852 bits per heavy atom. The third-order valence-corrected chi connectivity index (χ3v) is 6.97. The zero-order chi connectivity index (χ0) is 19.0. The molecule has 1 aromatic rings. The van der Waals surface area contributed by atoms with Gasteiger partial charge in [-0.25, -0.2) is 0 Å². The summed E-state index contributed by atoms with van der Waals surface area (Å²) in [5.74, 6) is 1.56. The zero-order valence-corrected chi connectivity index (χ0v) is 16.7. The number of fused-ring (bicyclic) bond motifs is 1. The van der Waals surface area contributed by atoms with Crippen LogP contribution >= 0.6 is 0 Å². The molecule has 1 unspecified atom stereocenters. The minimum atomic E-state index is 0.0732. The Morgan fingerprint density at radius 3 is 2.11 bits per heavy atom. The summed E-state index contributed by atoms with van der Waals surface area (Å²) in [6.07, 6.45) is 6.65. The average molecular weight is 369 g/mol. The normalized spacial score (nSPS) is 28.9. The molecule has 1 saturated carbocycles. The minimum absolute atomic E-state index is 0.0732. The maximum atomic E-state index is 13.2. The molecule has 1 aliphatic carbocycles. The molecular weight excluding hydrogens is 336 g/mol. The lowest BCUT2D eigenvalue weighted by Crippen LogP contribution is -2.44. The van der Waals surface area contributed by atoms with Gasteiger partial charge in [0.2, 0.25) is 11.8 Å². The first-order chi connectivity index (χ1) is 13.0. The van der Waals surface area contributed by atoms with E-state index in [0.29, 0.717) is 5.91 Å². The van der Waals surface area contributed by atoms with Crippen molar-refractivity contribution in [3.05, 3.63) is 29.8 Å². The van der Waals surface area contributed by atoms with Crippen LogP contribution in [0.5, 0.6) is 0 Å². The van der Waals surface area contributed by atoms with Gasteiger partial charge in [-0.3, -0.25) is 9.59 Å². The molecule has 4 heteroatoms. The molecule has 2 fully saturated rings. The number of benzene rings is 1. The fourth-order valence-corrected chi connectivity index (χ4v) is 5.17. The molecular formula is C23H32N2O2. The number of rotatable bonds is 2. The number of piperidine rings is 1. The minimum Gasteiger partial charge on any atom is -0.342 e. The van der Waals surface area contributed by atoms with Gasteiger partial charge in [-0.2, -0.15) is 0 Å². The Labute approximate surface area is 162 Å². The summed E-state index contributed by atoms with van der Waals surface area (Å²) in [5, 5.41) is 0. The number of amides is 2. The van der Waals surface area contributed by atoms with Gasteiger partial charge >= 0.3 is 0 Å². The Balaban J connectivity index is 1.35.